The van der Waals surface area contributed by atoms with E-state index >= 15 is 0 Å². The van der Waals surface area contributed by atoms with E-state index in [2.05, 4.69) is 4.79 Å². The van der Waals surface area contributed by atoms with E-state index < -0.39 is 18.0 Å². The Morgan fingerprint density at radius 1 is 1.07 bits per heavy atom. The first-order valence-corrected chi connectivity index (χ1v) is 9.04. The number of benzene rings is 2. The van der Waals surface area contributed by atoms with Crippen LogP contribution in [0.5, 0.6) is 0 Å². The lowest BCUT2D eigenvalue weighted by molar-refractivity contribution is -0.216. The molecule has 2 aromatic carbocycles. The number of hydrogen-bond acceptors (Lipinski definition) is 4. The van der Waals surface area contributed by atoms with E-state index in [0.29, 0.717) is 12.8 Å². The maximum absolute atomic E-state index is 12.4. The topological polar surface area (TPSA) is 92.2 Å². The molecule has 0 aromatic heterocycles. The maximum atomic E-state index is 12.4. The van der Waals surface area contributed by atoms with E-state index in [1.165, 1.54) is 0 Å². The Labute approximate surface area is 164 Å². The number of esters is 1. The summed E-state index contributed by atoms with van der Waals surface area (Å²) < 4.78 is 5.10. The van der Waals surface area contributed by atoms with Crippen LogP contribution in [0.15, 0.2) is 60.7 Å². The number of carbonyl (C=O) groups is 2. The second kappa shape index (κ2) is 11.4. The normalized spacial score (nSPS) is 11.2. The Balaban J connectivity index is 2.15. The van der Waals surface area contributed by atoms with Crippen LogP contribution in [0.1, 0.15) is 24.5 Å². The number of hydroxylamine groups is 2. The van der Waals surface area contributed by atoms with Crippen LogP contribution in [0, 0.1) is 0 Å². The maximum Gasteiger partial charge on any atom is 0.352 e. The molecule has 146 valence electrons. The van der Waals surface area contributed by atoms with E-state index in [-0.39, 0.29) is 13.2 Å². The van der Waals surface area contributed by atoms with Crippen LogP contribution >= 0.6 is 0 Å². The Hall–Kier alpha value is -3.28. The van der Waals surface area contributed by atoms with Crippen molar-refractivity contribution in [3.63, 3.8) is 0 Å². The van der Waals surface area contributed by atoms with E-state index in [4.69, 9.17) is 15.1 Å². The Bertz CT molecular complexity index is 805. The third kappa shape index (κ3) is 6.79. The zero-order valence-corrected chi connectivity index (χ0v) is 15.7. The molecule has 2 aromatic rings. The van der Waals surface area contributed by atoms with Gasteiger partial charge in [-0.15, -0.1) is 0 Å². The van der Waals surface area contributed by atoms with Crippen LogP contribution < -0.4 is 0 Å². The molecule has 0 aliphatic rings. The number of aryl methyl sites for hydroxylation is 1. The average Bonchev–Trinajstić information content (AvgIpc) is 2.72. The Morgan fingerprint density at radius 3 is 2.25 bits per heavy atom. The first-order chi connectivity index (χ1) is 13.6. The SMILES string of the molecule is CCOC(=O)C(CCc1ccccc1)ON(Cc1ccccc1)C(=O)C=[N+]=[N-]. The van der Waals surface area contributed by atoms with Crippen molar-refractivity contribution in [1.82, 2.24) is 5.06 Å². The summed E-state index contributed by atoms with van der Waals surface area (Å²) in [7, 11) is 0. The predicted molar refractivity (Wildman–Crippen MR) is 103 cm³/mol. The Kier molecular flexibility index (Phi) is 8.59. The fourth-order valence-corrected chi connectivity index (χ4v) is 2.57. The van der Waals surface area contributed by atoms with Gasteiger partial charge in [0.15, 0.2) is 6.10 Å². The predicted octanol–water partition coefficient (Wildman–Crippen LogP) is 2.81. The van der Waals surface area contributed by atoms with Crippen molar-refractivity contribution in [2.45, 2.75) is 32.4 Å². The van der Waals surface area contributed by atoms with Gasteiger partial charge in [0.2, 0.25) is 0 Å². The molecule has 0 radical (unpaired) electrons. The zero-order valence-electron chi connectivity index (χ0n) is 15.7. The third-order valence-electron chi connectivity index (χ3n) is 3.92. The quantitative estimate of drug-likeness (QED) is 0.208. The molecule has 1 atom stereocenters. The van der Waals surface area contributed by atoms with Gasteiger partial charge in [-0.3, -0.25) is 9.63 Å². The summed E-state index contributed by atoms with van der Waals surface area (Å²) in [5, 5.41) is 1.00. The summed E-state index contributed by atoms with van der Waals surface area (Å²) in [4.78, 5) is 33.1. The highest BCUT2D eigenvalue weighted by Gasteiger charge is 2.27. The molecule has 0 N–H and O–H groups in total. The van der Waals surface area contributed by atoms with Crippen molar-refractivity contribution >= 4 is 18.1 Å². The highest BCUT2D eigenvalue weighted by Crippen LogP contribution is 2.13. The van der Waals surface area contributed by atoms with Crippen molar-refractivity contribution in [3.05, 3.63) is 77.3 Å². The van der Waals surface area contributed by atoms with Gasteiger partial charge < -0.3 is 10.3 Å². The molecule has 1 unspecified atom stereocenters. The molecule has 0 saturated heterocycles. The molecule has 2 rings (SSSR count). The lowest BCUT2D eigenvalue weighted by Gasteiger charge is -2.24. The monoisotopic (exact) mass is 381 g/mol. The fourth-order valence-electron chi connectivity index (χ4n) is 2.57. The van der Waals surface area contributed by atoms with E-state index in [1.54, 1.807) is 6.92 Å². The first-order valence-electron chi connectivity index (χ1n) is 9.04. The largest absolute Gasteiger partial charge is 0.464 e. The van der Waals surface area contributed by atoms with Crippen LogP contribution in [0.4, 0.5) is 0 Å². The minimum Gasteiger partial charge on any atom is -0.464 e. The zero-order chi connectivity index (χ0) is 20.2. The minimum absolute atomic E-state index is 0.0902. The summed E-state index contributed by atoms with van der Waals surface area (Å²) in [5.74, 6) is -1.23. The minimum atomic E-state index is -0.972. The smallest absolute Gasteiger partial charge is 0.352 e. The molecular weight excluding hydrogens is 358 g/mol. The second-order valence-electron chi connectivity index (χ2n) is 5.98. The molecule has 0 aliphatic heterocycles. The lowest BCUT2D eigenvalue weighted by Crippen LogP contribution is -2.40. The highest BCUT2D eigenvalue weighted by atomic mass is 16.7. The number of hydrogen-bond donors (Lipinski definition) is 0. The van der Waals surface area contributed by atoms with Gasteiger partial charge in [-0.25, -0.2) is 9.86 Å². The second-order valence-corrected chi connectivity index (χ2v) is 5.98. The summed E-state index contributed by atoms with van der Waals surface area (Å²) in [6.45, 7) is 2.00. The molecule has 7 nitrogen and oxygen atoms in total. The Morgan fingerprint density at radius 2 is 1.68 bits per heavy atom. The van der Waals surface area contributed by atoms with Crippen LogP contribution in [-0.2, 0) is 32.1 Å². The summed E-state index contributed by atoms with van der Waals surface area (Å²) >= 11 is 0. The van der Waals surface area contributed by atoms with Crippen molar-refractivity contribution < 1.29 is 24.0 Å². The van der Waals surface area contributed by atoms with Gasteiger partial charge in [-0.05, 0) is 30.9 Å². The molecule has 0 aliphatic carbocycles. The number of carbonyl (C=O) groups excluding carboxylic acids is 2. The lowest BCUT2D eigenvalue weighted by atomic mass is 10.1. The van der Waals surface area contributed by atoms with Gasteiger partial charge in [-0.2, -0.15) is 4.79 Å². The standard InChI is InChI=1S/C21H23N3O4/c1-2-27-21(26)19(14-13-17-9-5-3-6-10-17)28-24(20(25)15-23-22)16-18-11-7-4-8-12-18/h3-12,15,19H,2,13-14,16H2,1H3. The number of amides is 1. The van der Waals surface area contributed by atoms with Gasteiger partial charge >= 0.3 is 18.1 Å². The molecule has 0 heterocycles. The molecular formula is C21H23N3O4. The van der Waals surface area contributed by atoms with Crippen molar-refractivity contribution in [1.29, 1.82) is 0 Å². The summed E-state index contributed by atoms with van der Waals surface area (Å²) in [6.07, 6.45) is 0.658. The van der Waals surface area contributed by atoms with E-state index in [1.807, 2.05) is 60.7 Å². The van der Waals surface area contributed by atoms with Gasteiger partial charge in [0.1, 0.15) is 0 Å². The van der Waals surface area contributed by atoms with Crippen molar-refractivity contribution in [2.75, 3.05) is 6.61 Å². The van der Waals surface area contributed by atoms with Gasteiger partial charge in [-0.1, -0.05) is 60.7 Å². The third-order valence-corrected chi connectivity index (χ3v) is 3.92. The number of nitrogens with zero attached hydrogens (tertiary/aromatic N) is 3. The van der Waals surface area contributed by atoms with Crippen LogP contribution in [0.25, 0.3) is 5.53 Å². The van der Waals surface area contributed by atoms with Crippen molar-refractivity contribution in [3.8, 4) is 0 Å². The molecule has 0 spiro atoms. The summed E-state index contributed by atoms with van der Waals surface area (Å²) in [5.41, 5.74) is 10.5. The molecule has 0 bridgehead atoms. The van der Waals surface area contributed by atoms with Crippen LogP contribution in [-0.4, -0.2) is 40.7 Å². The molecule has 7 heteroatoms. The fraction of sp³-hybridized carbons (Fsp3) is 0.286. The van der Waals surface area contributed by atoms with E-state index in [9.17, 15) is 9.59 Å². The molecule has 0 fully saturated rings. The highest BCUT2D eigenvalue weighted by molar-refractivity contribution is 6.23. The summed E-state index contributed by atoms with van der Waals surface area (Å²) in [6, 6.07) is 18.8. The molecule has 1 amide bonds. The molecule has 28 heavy (non-hydrogen) atoms. The number of rotatable bonds is 10. The van der Waals surface area contributed by atoms with Crippen LogP contribution in [0.2, 0.25) is 0 Å². The average molecular weight is 381 g/mol. The van der Waals surface area contributed by atoms with Gasteiger partial charge in [0.25, 0.3) is 0 Å². The number of ether oxygens (including phenoxy) is 1. The molecule has 0 saturated carbocycles. The van der Waals surface area contributed by atoms with Crippen LogP contribution in [0.3, 0.4) is 0 Å². The van der Waals surface area contributed by atoms with E-state index in [0.717, 1.165) is 22.4 Å². The van der Waals surface area contributed by atoms with Gasteiger partial charge in [0, 0.05) is 0 Å². The van der Waals surface area contributed by atoms with Gasteiger partial charge in [0.05, 0.1) is 13.2 Å². The first kappa shape index (κ1) is 21.0. The van der Waals surface area contributed by atoms with Crippen molar-refractivity contribution in [2.24, 2.45) is 0 Å².